The topological polar surface area (TPSA) is 52.8 Å². The van der Waals surface area contributed by atoms with Gasteiger partial charge in [0.15, 0.2) is 0 Å². The van der Waals surface area contributed by atoms with Crippen LogP contribution in [0.15, 0.2) is 113 Å². The van der Waals surface area contributed by atoms with Gasteiger partial charge in [-0.25, -0.2) is 0 Å². The van der Waals surface area contributed by atoms with Crippen molar-refractivity contribution >= 4 is 5.71 Å². The highest BCUT2D eigenvalue weighted by atomic mass is 16.3. The van der Waals surface area contributed by atoms with Gasteiger partial charge in [-0.2, -0.15) is 0 Å². The largest absolute Gasteiger partial charge is 0.506 e. The summed E-state index contributed by atoms with van der Waals surface area (Å²) >= 11 is 0. The Labute approximate surface area is 165 Å². The molecule has 3 heteroatoms. The Morgan fingerprint density at radius 2 is 1.50 bits per heavy atom. The van der Waals surface area contributed by atoms with Gasteiger partial charge in [0.25, 0.3) is 0 Å². The molecule has 0 aliphatic heterocycles. The van der Waals surface area contributed by atoms with E-state index in [0.717, 1.165) is 16.7 Å². The second-order valence-electron chi connectivity index (χ2n) is 7.13. The van der Waals surface area contributed by atoms with Gasteiger partial charge >= 0.3 is 0 Å². The Morgan fingerprint density at radius 3 is 2.11 bits per heavy atom. The average molecular weight is 369 g/mol. The monoisotopic (exact) mass is 369 g/mol. The molecule has 2 aromatic rings. The van der Waals surface area contributed by atoms with Crippen molar-refractivity contribution in [1.82, 2.24) is 0 Å². The van der Waals surface area contributed by atoms with Gasteiger partial charge < -0.3 is 10.2 Å². The number of rotatable bonds is 4. The molecule has 0 saturated heterocycles. The minimum absolute atomic E-state index is 0.103. The van der Waals surface area contributed by atoms with Crippen molar-refractivity contribution in [3.8, 4) is 0 Å². The highest BCUT2D eigenvalue weighted by Crippen LogP contribution is 2.36. The number of aliphatic hydroxyl groups is 2. The number of hydrogen-bond donors (Lipinski definition) is 2. The smallest absolute Gasteiger partial charge is 0.137 e. The van der Waals surface area contributed by atoms with Crippen LogP contribution in [0.3, 0.4) is 0 Å². The number of benzene rings is 2. The van der Waals surface area contributed by atoms with Crippen LogP contribution >= 0.6 is 0 Å². The fraction of sp³-hybridized carbons (Fsp3) is 0.160. The highest BCUT2D eigenvalue weighted by Gasteiger charge is 2.38. The number of aliphatic hydroxyl groups excluding tert-OH is 1. The van der Waals surface area contributed by atoms with Gasteiger partial charge in [-0.3, -0.25) is 4.99 Å². The molecule has 2 aromatic carbocycles. The number of fused-ring (bicyclic) bond motifs is 1. The SMILES string of the molecule is C[C@@H](N=C1C(O)=CC=C2C=CC=CC21)C(O)(c1ccccc1)c1ccccc1. The molecule has 1 unspecified atom stereocenters. The van der Waals surface area contributed by atoms with Crippen LogP contribution in [0, 0.1) is 5.92 Å². The van der Waals surface area contributed by atoms with E-state index < -0.39 is 11.6 Å². The minimum atomic E-state index is -1.31. The van der Waals surface area contributed by atoms with E-state index in [4.69, 9.17) is 4.99 Å². The third-order valence-corrected chi connectivity index (χ3v) is 5.42. The first-order valence-corrected chi connectivity index (χ1v) is 9.48. The number of aliphatic imine (C=N–C) groups is 1. The fourth-order valence-electron chi connectivity index (χ4n) is 3.87. The average Bonchev–Trinajstić information content (AvgIpc) is 2.76. The molecule has 0 bridgehead atoms. The van der Waals surface area contributed by atoms with Crippen molar-refractivity contribution in [3.05, 3.63) is 120 Å². The Morgan fingerprint density at radius 1 is 0.893 bits per heavy atom. The van der Waals surface area contributed by atoms with Crippen LogP contribution in [-0.4, -0.2) is 22.0 Å². The fourth-order valence-corrected chi connectivity index (χ4v) is 3.87. The molecule has 0 amide bonds. The van der Waals surface area contributed by atoms with Crippen LogP contribution in [0.2, 0.25) is 0 Å². The molecule has 0 heterocycles. The van der Waals surface area contributed by atoms with Crippen molar-refractivity contribution in [1.29, 1.82) is 0 Å². The van der Waals surface area contributed by atoms with E-state index in [1.165, 1.54) is 0 Å². The number of allylic oxidation sites excluding steroid dienone is 8. The molecule has 0 radical (unpaired) electrons. The predicted molar refractivity (Wildman–Crippen MR) is 113 cm³/mol. The maximum absolute atomic E-state index is 11.9. The molecule has 0 aromatic heterocycles. The molecule has 2 aliphatic rings. The Balaban J connectivity index is 1.81. The van der Waals surface area contributed by atoms with E-state index in [9.17, 15) is 10.2 Å². The third kappa shape index (κ3) is 3.14. The summed E-state index contributed by atoms with van der Waals surface area (Å²) in [7, 11) is 0. The molecule has 140 valence electrons. The van der Waals surface area contributed by atoms with Gasteiger partial charge in [0, 0.05) is 5.92 Å². The Kier molecular flexibility index (Phi) is 4.84. The molecule has 0 fully saturated rings. The molecular formula is C25H23NO2. The van der Waals surface area contributed by atoms with E-state index in [-0.39, 0.29) is 11.7 Å². The summed E-state index contributed by atoms with van der Waals surface area (Å²) in [5.41, 5.74) is 1.88. The summed E-state index contributed by atoms with van der Waals surface area (Å²) in [4.78, 5) is 4.85. The van der Waals surface area contributed by atoms with Crippen molar-refractivity contribution in [2.45, 2.75) is 18.6 Å². The molecular weight excluding hydrogens is 346 g/mol. The molecule has 2 atom stereocenters. The third-order valence-electron chi connectivity index (χ3n) is 5.42. The van der Waals surface area contributed by atoms with Gasteiger partial charge in [0.05, 0.1) is 11.8 Å². The lowest BCUT2D eigenvalue weighted by molar-refractivity contribution is 0.0586. The van der Waals surface area contributed by atoms with Crippen molar-refractivity contribution in [2.24, 2.45) is 10.9 Å². The molecule has 2 aliphatic carbocycles. The van der Waals surface area contributed by atoms with Crippen molar-refractivity contribution in [3.63, 3.8) is 0 Å². The van der Waals surface area contributed by atoms with Gasteiger partial charge in [-0.05, 0) is 29.7 Å². The molecule has 0 spiro atoms. The highest BCUT2D eigenvalue weighted by molar-refractivity contribution is 6.05. The lowest BCUT2D eigenvalue weighted by atomic mass is 9.80. The van der Waals surface area contributed by atoms with Crippen LogP contribution in [0.4, 0.5) is 0 Å². The predicted octanol–water partition coefficient (Wildman–Crippen LogP) is 4.88. The lowest BCUT2D eigenvalue weighted by Gasteiger charge is -2.34. The zero-order chi connectivity index (χ0) is 19.6. The summed E-state index contributed by atoms with van der Waals surface area (Å²) in [6.07, 6.45) is 11.6. The Hall–Kier alpha value is -3.17. The standard InChI is InChI=1S/C25H23NO2/c1-18(26-24-22-15-9-8-10-19(22)16-17-23(24)27)25(28,20-11-4-2-5-12-20)21-13-6-3-7-14-21/h2-18,22,27-28H,1H3/t18-,22?/m1/s1. The van der Waals surface area contributed by atoms with Crippen LogP contribution in [-0.2, 0) is 5.60 Å². The molecule has 3 nitrogen and oxygen atoms in total. The maximum atomic E-state index is 11.9. The second-order valence-corrected chi connectivity index (χ2v) is 7.13. The minimum Gasteiger partial charge on any atom is -0.506 e. The Bertz CT molecular complexity index is 958. The number of hydrogen-bond acceptors (Lipinski definition) is 3. The summed E-state index contributed by atoms with van der Waals surface area (Å²) < 4.78 is 0. The van der Waals surface area contributed by atoms with E-state index in [1.54, 1.807) is 6.08 Å². The van der Waals surface area contributed by atoms with Crippen LogP contribution < -0.4 is 0 Å². The lowest BCUT2D eigenvalue weighted by Crippen LogP contribution is -2.39. The number of nitrogens with zero attached hydrogens (tertiary/aromatic N) is 1. The second kappa shape index (κ2) is 7.45. The summed E-state index contributed by atoms with van der Waals surface area (Å²) in [6.45, 7) is 1.89. The van der Waals surface area contributed by atoms with E-state index in [1.807, 2.05) is 98.0 Å². The quantitative estimate of drug-likeness (QED) is 0.807. The van der Waals surface area contributed by atoms with Crippen LogP contribution in [0.1, 0.15) is 18.1 Å². The van der Waals surface area contributed by atoms with E-state index in [0.29, 0.717) is 5.71 Å². The molecule has 0 saturated carbocycles. The van der Waals surface area contributed by atoms with Crippen molar-refractivity contribution in [2.75, 3.05) is 0 Å². The van der Waals surface area contributed by atoms with E-state index in [2.05, 4.69) is 0 Å². The normalized spacial score (nSPS) is 21.1. The summed E-state index contributed by atoms with van der Waals surface area (Å²) in [5, 5.41) is 22.4. The van der Waals surface area contributed by atoms with Crippen LogP contribution in [0.5, 0.6) is 0 Å². The first kappa shape index (κ1) is 18.2. The first-order valence-electron chi connectivity index (χ1n) is 9.48. The molecule has 28 heavy (non-hydrogen) atoms. The summed E-state index contributed by atoms with van der Waals surface area (Å²) in [6, 6.07) is 18.6. The van der Waals surface area contributed by atoms with Crippen LogP contribution in [0.25, 0.3) is 0 Å². The van der Waals surface area contributed by atoms with Crippen molar-refractivity contribution < 1.29 is 10.2 Å². The van der Waals surface area contributed by atoms with Gasteiger partial charge in [-0.15, -0.1) is 0 Å². The zero-order valence-electron chi connectivity index (χ0n) is 15.7. The van der Waals surface area contributed by atoms with E-state index >= 15 is 0 Å². The van der Waals surface area contributed by atoms with Gasteiger partial charge in [0.1, 0.15) is 11.4 Å². The first-order chi connectivity index (χ1) is 13.6. The summed E-state index contributed by atoms with van der Waals surface area (Å²) in [5.74, 6) is 0.0391. The molecule has 2 N–H and O–H groups in total. The maximum Gasteiger partial charge on any atom is 0.137 e. The zero-order valence-corrected chi connectivity index (χ0v) is 15.7. The molecule has 4 rings (SSSR count). The van der Waals surface area contributed by atoms with Gasteiger partial charge in [-0.1, -0.05) is 91.0 Å². The van der Waals surface area contributed by atoms with Gasteiger partial charge in [0.2, 0.25) is 0 Å².